The molecule has 2 aromatic rings. The summed E-state index contributed by atoms with van der Waals surface area (Å²) in [6.45, 7) is -0.317. The van der Waals surface area contributed by atoms with Gasteiger partial charge in [-0.05, 0) is 11.1 Å². The standard InChI is InChI=1S/C17H19NO3/c1-21-17(20)15(12-19)18-16(13-8-4-2-5-9-13)14-10-6-3-7-11-14/h2-11,15-16,18-19H,12H2,1H3/t15-/m0/s1. The maximum absolute atomic E-state index is 11.7. The molecule has 0 unspecified atom stereocenters. The van der Waals surface area contributed by atoms with Gasteiger partial charge in [0, 0.05) is 0 Å². The minimum Gasteiger partial charge on any atom is -0.468 e. The number of carbonyl (C=O) groups excluding carboxylic acids is 1. The number of carbonyl (C=O) groups is 1. The van der Waals surface area contributed by atoms with E-state index in [1.165, 1.54) is 7.11 Å². The Morgan fingerprint density at radius 3 is 1.90 bits per heavy atom. The lowest BCUT2D eigenvalue weighted by Crippen LogP contribution is -2.43. The average Bonchev–Trinajstić information content (AvgIpc) is 2.57. The number of ether oxygens (including phenoxy) is 1. The van der Waals surface area contributed by atoms with Crippen molar-refractivity contribution in [3.05, 3.63) is 71.8 Å². The lowest BCUT2D eigenvalue weighted by Gasteiger charge is -2.24. The first-order chi connectivity index (χ1) is 10.3. The van der Waals surface area contributed by atoms with E-state index in [0.717, 1.165) is 11.1 Å². The molecule has 0 heterocycles. The van der Waals surface area contributed by atoms with E-state index in [1.54, 1.807) is 0 Å². The fraction of sp³-hybridized carbons (Fsp3) is 0.235. The summed E-state index contributed by atoms with van der Waals surface area (Å²) in [7, 11) is 1.31. The van der Waals surface area contributed by atoms with Crippen molar-refractivity contribution >= 4 is 5.97 Å². The van der Waals surface area contributed by atoms with Crippen LogP contribution in [0.15, 0.2) is 60.7 Å². The Bertz CT molecular complexity index is 517. The number of methoxy groups -OCH3 is 1. The summed E-state index contributed by atoms with van der Waals surface area (Å²) < 4.78 is 4.71. The fourth-order valence-electron chi connectivity index (χ4n) is 2.21. The van der Waals surface area contributed by atoms with Gasteiger partial charge in [0.15, 0.2) is 0 Å². The number of esters is 1. The fourth-order valence-corrected chi connectivity index (χ4v) is 2.21. The number of nitrogens with one attached hydrogen (secondary N) is 1. The molecule has 4 heteroatoms. The summed E-state index contributed by atoms with van der Waals surface area (Å²) in [6.07, 6.45) is 0. The van der Waals surface area contributed by atoms with Gasteiger partial charge >= 0.3 is 5.97 Å². The third kappa shape index (κ3) is 3.90. The molecule has 0 aromatic heterocycles. The molecular weight excluding hydrogens is 266 g/mol. The van der Waals surface area contributed by atoms with Crippen LogP contribution < -0.4 is 5.32 Å². The Balaban J connectivity index is 2.31. The highest BCUT2D eigenvalue weighted by Crippen LogP contribution is 2.22. The van der Waals surface area contributed by atoms with Gasteiger partial charge < -0.3 is 9.84 Å². The van der Waals surface area contributed by atoms with Crippen LogP contribution in [0.3, 0.4) is 0 Å². The van der Waals surface area contributed by atoms with Crippen LogP contribution in [-0.2, 0) is 9.53 Å². The molecular formula is C17H19NO3. The van der Waals surface area contributed by atoms with Crippen LogP contribution in [0, 0.1) is 0 Å². The zero-order valence-electron chi connectivity index (χ0n) is 11.9. The van der Waals surface area contributed by atoms with Crippen molar-refractivity contribution in [2.75, 3.05) is 13.7 Å². The van der Waals surface area contributed by atoms with Gasteiger partial charge in [-0.25, -0.2) is 0 Å². The minimum atomic E-state index is -0.764. The molecule has 0 aliphatic rings. The maximum Gasteiger partial charge on any atom is 0.325 e. The Labute approximate surface area is 124 Å². The third-order valence-corrected chi connectivity index (χ3v) is 3.30. The molecule has 0 aliphatic carbocycles. The lowest BCUT2D eigenvalue weighted by molar-refractivity contribution is -0.144. The highest BCUT2D eigenvalue weighted by molar-refractivity contribution is 5.75. The molecule has 2 aromatic carbocycles. The first kappa shape index (κ1) is 15.2. The van der Waals surface area contributed by atoms with Crippen LogP contribution in [0.5, 0.6) is 0 Å². The zero-order valence-corrected chi connectivity index (χ0v) is 11.9. The van der Waals surface area contributed by atoms with Crippen molar-refractivity contribution in [1.82, 2.24) is 5.32 Å². The molecule has 2 N–H and O–H groups in total. The second kappa shape index (κ2) is 7.57. The summed E-state index contributed by atoms with van der Waals surface area (Å²) in [4.78, 5) is 11.7. The average molecular weight is 285 g/mol. The van der Waals surface area contributed by atoms with Crippen LogP contribution in [0.1, 0.15) is 17.2 Å². The quantitative estimate of drug-likeness (QED) is 0.796. The summed E-state index contributed by atoms with van der Waals surface area (Å²) in [6, 6.07) is 18.6. The largest absolute Gasteiger partial charge is 0.468 e. The van der Waals surface area contributed by atoms with Gasteiger partial charge in [-0.1, -0.05) is 60.7 Å². The number of aliphatic hydroxyl groups is 1. The summed E-state index contributed by atoms with van der Waals surface area (Å²) in [5.41, 5.74) is 2.04. The first-order valence-electron chi connectivity index (χ1n) is 6.81. The molecule has 0 spiro atoms. The van der Waals surface area contributed by atoms with Gasteiger partial charge in [0.1, 0.15) is 6.04 Å². The van der Waals surface area contributed by atoms with Gasteiger partial charge in [-0.2, -0.15) is 0 Å². The Morgan fingerprint density at radius 2 is 1.52 bits per heavy atom. The number of hydrogen-bond acceptors (Lipinski definition) is 4. The number of hydrogen-bond donors (Lipinski definition) is 2. The topological polar surface area (TPSA) is 58.6 Å². The summed E-state index contributed by atoms with van der Waals surface area (Å²) in [5.74, 6) is -0.477. The van der Waals surface area contributed by atoms with Gasteiger partial charge in [0.25, 0.3) is 0 Å². The second-order valence-corrected chi connectivity index (χ2v) is 4.68. The third-order valence-electron chi connectivity index (χ3n) is 3.30. The predicted molar refractivity (Wildman–Crippen MR) is 80.8 cm³/mol. The van der Waals surface area contributed by atoms with Crippen molar-refractivity contribution < 1.29 is 14.6 Å². The van der Waals surface area contributed by atoms with Gasteiger partial charge in [-0.3, -0.25) is 10.1 Å². The normalized spacial score (nSPS) is 12.1. The highest BCUT2D eigenvalue weighted by atomic mass is 16.5. The van der Waals surface area contributed by atoms with Gasteiger partial charge in [0.05, 0.1) is 19.8 Å². The smallest absolute Gasteiger partial charge is 0.325 e. The molecule has 0 saturated heterocycles. The van der Waals surface area contributed by atoms with Crippen molar-refractivity contribution in [3.63, 3.8) is 0 Å². The number of aliphatic hydroxyl groups excluding tert-OH is 1. The predicted octanol–water partition coefficient (Wildman–Crippen LogP) is 1.90. The molecule has 21 heavy (non-hydrogen) atoms. The van der Waals surface area contributed by atoms with Gasteiger partial charge in [0.2, 0.25) is 0 Å². The van der Waals surface area contributed by atoms with Crippen molar-refractivity contribution in [2.24, 2.45) is 0 Å². The van der Waals surface area contributed by atoms with Crippen LogP contribution in [0.25, 0.3) is 0 Å². The Morgan fingerprint density at radius 1 is 1.05 bits per heavy atom. The van der Waals surface area contributed by atoms with Crippen molar-refractivity contribution in [1.29, 1.82) is 0 Å². The molecule has 2 rings (SSSR count). The van der Waals surface area contributed by atoms with Gasteiger partial charge in [-0.15, -0.1) is 0 Å². The van der Waals surface area contributed by atoms with Crippen LogP contribution in [-0.4, -0.2) is 30.8 Å². The highest BCUT2D eigenvalue weighted by Gasteiger charge is 2.23. The summed E-state index contributed by atoms with van der Waals surface area (Å²) in [5, 5.41) is 12.6. The molecule has 0 radical (unpaired) electrons. The van der Waals surface area contributed by atoms with E-state index in [1.807, 2.05) is 60.7 Å². The van der Waals surface area contributed by atoms with Crippen LogP contribution in [0.2, 0.25) is 0 Å². The van der Waals surface area contributed by atoms with E-state index in [4.69, 9.17) is 4.74 Å². The molecule has 0 aliphatic heterocycles. The minimum absolute atomic E-state index is 0.191. The molecule has 0 fully saturated rings. The zero-order chi connectivity index (χ0) is 15.1. The van der Waals surface area contributed by atoms with E-state index in [0.29, 0.717) is 0 Å². The molecule has 1 atom stereocenters. The first-order valence-corrected chi connectivity index (χ1v) is 6.81. The molecule has 0 saturated carbocycles. The molecule has 4 nitrogen and oxygen atoms in total. The Kier molecular flexibility index (Phi) is 5.49. The van der Waals surface area contributed by atoms with Crippen LogP contribution >= 0.6 is 0 Å². The van der Waals surface area contributed by atoms with E-state index in [-0.39, 0.29) is 12.6 Å². The maximum atomic E-state index is 11.7. The van der Waals surface area contributed by atoms with Crippen LogP contribution in [0.4, 0.5) is 0 Å². The van der Waals surface area contributed by atoms with E-state index in [2.05, 4.69) is 5.32 Å². The molecule has 110 valence electrons. The van der Waals surface area contributed by atoms with E-state index < -0.39 is 12.0 Å². The SMILES string of the molecule is COC(=O)[C@H](CO)NC(c1ccccc1)c1ccccc1. The molecule has 0 bridgehead atoms. The lowest BCUT2D eigenvalue weighted by atomic mass is 9.98. The second-order valence-electron chi connectivity index (χ2n) is 4.68. The van der Waals surface area contributed by atoms with E-state index >= 15 is 0 Å². The molecule has 0 amide bonds. The number of benzene rings is 2. The van der Waals surface area contributed by atoms with Crippen molar-refractivity contribution in [2.45, 2.75) is 12.1 Å². The number of rotatable bonds is 6. The Hall–Kier alpha value is -2.17. The van der Waals surface area contributed by atoms with E-state index in [9.17, 15) is 9.90 Å². The monoisotopic (exact) mass is 285 g/mol. The van der Waals surface area contributed by atoms with Crippen molar-refractivity contribution in [3.8, 4) is 0 Å². The summed E-state index contributed by atoms with van der Waals surface area (Å²) >= 11 is 0.